The maximum Gasteiger partial charge on any atom is 0.219 e. The van der Waals surface area contributed by atoms with Gasteiger partial charge in [0.05, 0.1) is 31.6 Å². The van der Waals surface area contributed by atoms with Gasteiger partial charge in [0, 0.05) is 19.0 Å². The van der Waals surface area contributed by atoms with Crippen molar-refractivity contribution in [3.8, 4) is 28.5 Å². The number of hydrogen-bond acceptors (Lipinski definition) is 6. The van der Waals surface area contributed by atoms with Gasteiger partial charge in [-0.15, -0.1) is 5.54 Å². The fourth-order valence-corrected chi connectivity index (χ4v) is 13.1. The first kappa shape index (κ1) is 38.3. The number of hydrogen-bond donors (Lipinski definition) is 0. The highest BCUT2D eigenvalue weighted by Crippen LogP contribution is 2.42. The lowest BCUT2D eigenvalue weighted by Gasteiger charge is -2.38. The number of aryl methyl sites for hydroxylation is 1. The molecule has 1 atom stereocenters. The van der Waals surface area contributed by atoms with Gasteiger partial charge in [-0.2, -0.15) is 10.2 Å². The molecule has 3 heterocycles. The second kappa shape index (κ2) is 15.6. The SMILES string of the molecule is CC(C)[Si](C#Cc1nn(C2CCCCO2)c2c(F)cc(-c3cnn(C)c3OCCOCCO[Si](C)(C)C(C)(C)C)cc12)(C(C)C)C(C)C. The lowest BCUT2D eigenvalue weighted by Crippen LogP contribution is -2.43. The number of rotatable bonds is 13. The van der Waals surface area contributed by atoms with Crippen molar-refractivity contribution in [2.45, 2.75) is 123 Å². The van der Waals surface area contributed by atoms with Crippen molar-refractivity contribution in [1.29, 1.82) is 0 Å². The van der Waals surface area contributed by atoms with E-state index in [1.165, 1.54) is 0 Å². The van der Waals surface area contributed by atoms with Crippen LogP contribution < -0.4 is 4.74 Å². The third-order valence-corrected chi connectivity index (χ3v) is 21.4. The minimum Gasteiger partial charge on any atom is -0.475 e. The number of benzene rings is 1. The highest BCUT2D eigenvalue weighted by molar-refractivity contribution is 6.90. The molecular formula is C37H59FN4O4Si2. The molecule has 0 N–H and O–H groups in total. The average molecular weight is 699 g/mol. The summed E-state index contributed by atoms with van der Waals surface area (Å²) in [7, 11) is -2.04. The zero-order valence-corrected chi connectivity index (χ0v) is 33.5. The quantitative estimate of drug-likeness (QED) is 0.101. The summed E-state index contributed by atoms with van der Waals surface area (Å²) in [6.45, 7) is 27.4. The summed E-state index contributed by atoms with van der Waals surface area (Å²) in [5.74, 6) is 3.70. The second-order valence-electron chi connectivity index (χ2n) is 15.7. The zero-order chi connectivity index (χ0) is 35.4. The van der Waals surface area contributed by atoms with Crippen molar-refractivity contribution >= 4 is 27.3 Å². The van der Waals surface area contributed by atoms with Gasteiger partial charge in [-0.05, 0) is 71.7 Å². The molecule has 0 aliphatic carbocycles. The van der Waals surface area contributed by atoms with E-state index in [4.69, 9.17) is 23.7 Å². The Morgan fingerprint density at radius 1 is 1.00 bits per heavy atom. The van der Waals surface area contributed by atoms with Gasteiger partial charge in [0.2, 0.25) is 5.88 Å². The molecule has 0 radical (unpaired) electrons. The van der Waals surface area contributed by atoms with Crippen molar-refractivity contribution in [3.05, 3.63) is 29.8 Å². The second-order valence-corrected chi connectivity index (χ2v) is 26.1. The minimum absolute atomic E-state index is 0.159. The molecule has 2 aromatic heterocycles. The van der Waals surface area contributed by atoms with Crippen LogP contribution >= 0.6 is 0 Å². The summed E-state index contributed by atoms with van der Waals surface area (Å²) in [5.41, 5.74) is 7.61. The molecular weight excluding hydrogens is 640 g/mol. The third kappa shape index (κ3) is 8.10. The molecule has 0 saturated carbocycles. The van der Waals surface area contributed by atoms with Crippen LogP contribution in [0.2, 0.25) is 34.8 Å². The minimum atomic E-state index is -2.06. The molecule has 1 unspecified atom stereocenters. The fourth-order valence-electron chi connectivity index (χ4n) is 6.86. The molecule has 266 valence electrons. The molecule has 0 spiro atoms. The molecule has 8 nitrogen and oxygen atoms in total. The molecule has 48 heavy (non-hydrogen) atoms. The third-order valence-electron chi connectivity index (χ3n) is 10.6. The van der Waals surface area contributed by atoms with Gasteiger partial charge in [-0.1, -0.05) is 68.2 Å². The average Bonchev–Trinajstić information content (AvgIpc) is 3.56. The number of aromatic nitrogens is 4. The van der Waals surface area contributed by atoms with E-state index < -0.39 is 16.4 Å². The Morgan fingerprint density at radius 2 is 1.67 bits per heavy atom. The van der Waals surface area contributed by atoms with Gasteiger partial charge < -0.3 is 18.6 Å². The monoisotopic (exact) mass is 698 g/mol. The predicted octanol–water partition coefficient (Wildman–Crippen LogP) is 9.26. The standard InChI is InChI=1S/C37H59FN4O4Si2/c1-26(2)48(27(3)4,28(5)6)22-16-33-30-23-29(24-32(38)35(30)42(40-33)34-15-13-14-17-44-34)31-25-39-41(10)36(31)45-20-18-43-19-21-46-47(11,12)37(7,8)9/h23-28,34H,13-15,17-21H2,1-12H3. The van der Waals surface area contributed by atoms with Gasteiger partial charge in [0.25, 0.3) is 0 Å². The van der Waals surface area contributed by atoms with Gasteiger partial charge in [-0.3, -0.25) is 0 Å². The number of nitrogens with zero attached hydrogens (tertiary/aromatic N) is 4. The molecule has 4 rings (SSSR count). The van der Waals surface area contributed by atoms with Crippen molar-refractivity contribution in [2.24, 2.45) is 7.05 Å². The summed E-state index contributed by atoms with van der Waals surface area (Å²) in [6, 6.07) is 3.53. The van der Waals surface area contributed by atoms with E-state index >= 15 is 4.39 Å². The highest BCUT2D eigenvalue weighted by atomic mass is 28.4. The van der Waals surface area contributed by atoms with Crippen LogP contribution in [0.25, 0.3) is 22.0 Å². The van der Waals surface area contributed by atoms with E-state index in [9.17, 15) is 0 Å². The lowest BCUT2D eigenvalue weighted by atomic mass is 10.0. The normalized spacial score (nSPS) is 16.3. The van der Waals surface area contributed by atoms with E-state index in [1.807, 2.05) is 13.1 Å². The smallest absolute Gasteiger partial charge is 0.219 e. The molecule has 1 aliphatic heterocycles. The molecule has 1 fully saturated rings. The summed E-state index contributed by atoms with van der Waals surface area (Å²) in [6.07, 6.45) is 4.21. The fraction of sp³-hybridized carbons (Fsp3) is 0.676. The molecule has 3 aromatic rings. The Labute approximate surface area is 290 Å². The van der Waals surface area contributed by atoms with E-state index in [0.717, 1.165) is 19.3 Å². The Bertz CT molecular complexity index is 1570. The van der Waals surface area contributed by atoms with Crippen molar-refractivity contribution in [2.75, 3.05) is 33.0 Å². The molecule has 1 aliphatic rings. The summed E-state index contributed by atoms with van der Waals surface area (Å²) >= 11 is 0. The zero-order valence-electron chi connectivity index (χ0n) is 31.5. The largest absolute Gasteiger partial charge is 0.475 e. The molecule has 1 aromatic carbocycles. The van der Waals surface area contributed by atoms with Crippen LogP contribution in [0.4, 0.5) is 4.39 Å². The Morgan fingerprint density at radius 3 is 2.27 bits per heavy atom. The molecule has 1 saturated heterocycles. The van der Waals surface area contributed by atoms with Crippen molar-refractivity contribution < 1.29 is 23.0 Å². The number of ether oxygens (including phenoxy) is 3. The van der Waals surface area contributed by atoms with Gasteiger partial charge in [-0.25, -0.2) is 13.8 Å². The first-order valence-corrected chi connectivity index (χ1v) is 22.9. The summed E-state index contributed by atoms with van der Waals surface area (Å²) in [5, 5.41) is 10.3. The van der Waals surface area contributed by atoms with Crippen molar-refractivity contribution in [1.82, 2.24) is 19.6 Å². The molecule has 11 heteroatoms. The first-order chi connectivity index (χ1) is 22.5. The van der Waals surface area contributed by atoms with Crippen LogP contribution in [0.3, 0.4) is 0 Å². The topological polar surface area (TPSA) is 72.6 Å². The van der Waals surface area contributed by atoms with Crippen LogP contribution in [-0.2, 0) is 20.9 Å². The Balaban J connectivity index is 1.64. The van der Waals surface area contributed by atoms with Crippen LogP contribution in [0.5, 0.6) is 5.88 Å². The molecule has 0 bridgehead atoms. The highest BCUT2D eigenvalue weighted by Gasteiger charge is 2.42. The predicted molar refractivity (Wildman–Crippen MR) is 198 cm³/mol. The van der Waals surface area contributed by atoms with Crippen LogP contribution in [0.1, 0.15) is 93.5 Å². The first-order valence-electron chi connectivity index (χ1n) is 17.7. The van der Waals surface area contributed by atoms with E-state index in [2.05, 4.69) is 92.0 Å². The maximum absolute atomic E-state index is 16.3. The van der Waals surface area contributed by atoms with Crippen LogP contribution in [-0.4, -0.2) is 69.0 Å². The van der Waals surface area contributed by atoms with Gasteiger partial charge in [0.15, 0.2) is 14.5 Å². The van der Waals surface area contributed by atoms with Gasteiger partial charge >= 0.3 is 0 Å². The van der Waals surface area contributed by atoms with Crippen LogP contribution in [0, 0.1) is 17.3 Å². The van der Waals surface area contributed by atoms with Gasteiger partial charge in [0.1, 0.15) is 31.7 Å². The summed E-state index contributed by atoms with van der Waals surface area (Å²) in [4.78, 5) is 0. The van der Waals surface area contributed by atoms with E-state index in [0.29, 0.717) is 83.3 Å². The van der Waals surface area contributed by atoms with Crippen molar-refractivity contribution in [3.63, 3.8) is 0 Å². The Kier molecular flexibility index (Phi) is 12.4. The summed E-state index contributed by atoms with van der Waals surface area (Å²) < 4.78 is 44.0. The molecule has 0 amide bonds. The number of fused-ring (bicyclic) bond motifs is 1. The van der Waals surface area contributed by atoms with E-state index in [1.54, 1.807) is 21.6 Å². The maximum atomic E-state index is 16.3. The van der Waals surface area contributed by atoms with Crippen LogP contribution in [0.15, 0.2) is 18.3 Å². The number of halogens is 1. The Hall–Kier alpha value is -2.50. The van der Waals surface area contributed by atoms with E-state index in [-0.39, 0.29) is 17.1 Å². The lowest BCUT2D eigenvalue weighted by molar-refractivity contribution is -0.0370.